The van der Waals surface area contributed by atoms with Gasteiger partial charge in [0.25, 0.3) is 0 Å². The number of hydrogen-bond donors (Lipinski definition) is 2. The molecule has 6 heteroatoms. The summed E-state index contributed by atoms with van der Waals surface area (Å²) in [5.41, 5.74) is 0. The molecule has 0 saturated heterocycles. The lowest BCUT2D eigenvalue weighted by atomic mass is 9.99. The van der Waals surface area contributed by atoms with Crippen LogP contribution in [0, 0.1) is 11.8 Å². The van der Waals surface area contributed by atoms with Gasteiger partial charge in [-0.25, -0.2) is 13.1 Å². The van der Waals surface area contributed by atoms with E-state index in [9.17, 15) is 8.42 Å². The van der Waals surface area contributed by atoms with Gasteiger partial charge in [-0.3, -0.25) is 0 Å². The van der Waals surface area contributed by atoms with Crippen LogP contribution in [0.25, 0.3) is 0 Å². The molecule has 1 aliphatic carbocycles. The molecule has 0 spiro atoms. The van der Waals surface area contributed by atoms with Gasteiger partial charge in [-0.1, -0.05) is 26.7 Å². The number of sulfonamides is 1. The molecule has 4 nitrogen and oxygen atoms in total. The highest BCUT2D eigenvalue weighted by atomic mass is 32.2. The van der Waals surface area contributed by atoms with Gasteiger partial charge in [0.05, 0.1) is 4.90 Å². The van der Waals surface area contributed by atoms with Crippen molar-refractivity contribution in [3.8, 4) is 0 Å². The van der Waals surface area contributed by atoms with Gasteiger partial charge >= 0.3 is 0 Å². The standard InChI is InChI=1S/C14H24N2O2S2/c1-3-15-10-13-14(7-8-19-13)20(17,18)16-9-12-6-4-5-11(12)2/h7-8,11-12,15-16H,3-6,9-10H2,1-2H3. The molecule has 0 aliphatic heterocycles. The van der Waals surface area contributed by atoms with Crippen molar-refractivity contribution in [3.63, 3.8) is 0 Å². The van der Waals surface area contributed by atoms with Crippen LogP contribution in [0.3, 0.4) is 0 Å². The van der Waals surface area contributed by atoms with E-state index >= 15 is 0 Å². The zero-order valence-electron chi connectivity index (χ0n) is 12.2. The Morgan fingerprint density at radius 2 is 2.20 bits per heavy atom. The van der Waals surface area contributed by atoms with E-state index in [0.29, 0.717) is 29.8 Å². The monoisotopic (exact) mass is 316 g/mol. The molecule has 0 amide bonds. The van der Waals surface area contributed by atoms with Crippen LogP contribution in [-0.2, 0) is 16.6 Å². The molecule has 114 valence electrons. The van der Waals surface area contributed by atoms with Gasteiger partial charge in [0, 0.05) is 18.0 Å². The molecule has 2 atom stereocenters. The van der Waals surface area contributed by atoms with E-state index in [1.54, 1.807) is 6.07 Å². The van der Waals surface area contributed by atoms with E-state index in [4.69, 9.17) is 0 Å². The Labute approximate surface area is 126 Å². The average Bonchev–Trinajstić information content (AvgIpc) is 3.03. The predicted molar refractivity (Wildman–Crippen MR) is 83.4 cm³/mol. The van der Waals surface area contributed by atoms with Crippen molar-refractivity contribution in [2.24, 2.45) is 11.8 Å². The van der Waals surface area contributed by atoms with Crippen LogP contribution in [0.2, 0.25) is 0 Å². The molecule has 1 aromatic rings. The van der Waals surface area contributed by atoms with Gasteiger partial charge in [0.1, 0.15) is 0 Å². The summed E-state index contributed by atoms with van der Waals surface area (Å²) in [5, 5.41) is 5.03. The average molecular weight is 316 g/mol. The maximum Gasteiger partial charge on any atom is 0.241 e. The zero-order chi connectivity index (χ0) is 14.6. The van der Waals surface area contributed by atoms with Gasteiger partial charge < -0.3 is 5.32 Å². The molecule has 20 heavy (non-hydrogen) atoms. The lowest BCUT2D eigenvalue weighted by molar-refractivity contribution is 0.414. The highest BCUT2D eigenvalue weighted by Gasteiger charge is 2.26. The summed E-state index contributed by atoms with van der Waals surface area (Å²) in [7, 11) is -3.37. The third kappa shape index (κ3) is 3.81. The topological polar surface area (TPSA) is 58.2 Å². The summed E-state index contributed by atoms with van der Waals surface area (Å²) in [5.74, 6) is 1.11. The molecule has 0 bridgehead atoms. The number of thiophene rings is 1. The molecular formula is C14H24N2O2S2. The molecule has 1 fully saturated rings. The molecule has 2 N–H and O–H groups in total. The third-order valence-electron chi connectivity index (χ3n) is 4.10. The van der Waals surface area contributed by atoms with Crippen LogP contribution in [0.5, 0.6) is 0 Å². The van der Waals surface area contributed by atoms with Crippen molar-refractivity contribution in [2.45, 2.75) is 44.6 Å². The van der Waals surface area contributed by atoms with Crippen LogP contribution < -0.4 is 10.0 Å². The Morgan fingerprint density at radius 3 is 2.85 bits per heavy atom. The second-order valence-corrected chi connectivity index (χ2v) is 8.24. The Balaban J connectivity index is 2.01. The molecule has 0 radical (unpaired) electrons. The predicted octanol–water partition coefficient (Wildman–Crippen LogP) is 2.57. The second kappa shape index (κ2) is 7.02. The molecule has 1 aliphatic rings. The highest BCUT2D eigenvalue weighted by Crippen LogP contribution is 2.31. The van der Waals surface area contributed by atoms with Crippen LogP contribution in [-0.4, -0.2) is 21.5 Å². The SMILES string of the molecule is CCNCc1sccc1S(=O)(=O)NCC1CCCC1C. The van der Waals surface area contributed by atoms with Crippen LogP contribution >= 0.6 is 11.3 Å². The first-order chi connectivity index (χ1) is 9.54. The van der Waals surface area contributed by atoms with Crippen LogP contribution in [0.4, 0.5) is 0 Å². The summed E-state index contributed by atoms with van der Waals surface area (Å²) in [6.07, 6.45) is 3.58. The number of rotatable bonds is 7. The lowest BCUT2D eigenvalue weighted by Gasteiger charge is -2.16. The lowest BCUT2D eigenvalue weighted by Crippen LogP contribution is -2.31. The minimum Gasteiger partial charge on any atom is -0.312 e. The van der Waals surface area contributed by atoms with Gasteiger partial charge in [-0.15, -0.1) is 11.3 Å². The first-order valence-corrected chi connectivity index (χ1v) is 9.67. The fraction of sp³-hybridized carbons (Fsp3) is 0.714. The maximum absolute atomic E-state index is 12.4. The summed E-state index contributed by atoms with van der Waals surface area (Å²) >= 11 is 1.49. The van der Waals surface area contributed by atoms with Gasteiger partial charge in [-0.05, 0) is 36.2 Å². The van der Waals surface area contributed by atoms with Gasteiger partial charge in [0.15, 0.2) is 0 Å². The Bertz CT molecular complexity index is 525. The normalized spacial score (nSPS) is 23.3. The van der Waals surface area contributed by atoms with Crippen molar-refractivity contribution >= 4 is 21.4 Å². The number of hydrogen-bond acceptors (Lipinski definition) is 4. The molecule has 0 aromatic carbocycles. The van der Waals surface area contributed by atoms with E-state index < -0.39 is 10.0 Å². The van der Waals surface area contributed by atoms with Crippen molar-refractivity contribution < 1.29 is 8.42 Å². The van der Waals surface area contributed by atoms with E-state index in [1.165, 1.54) is 24.2 Å². The molecular weight excluding hydrogens is 292 g/mol. The Hall–Kier alpha value is -0.430. The zero-order valence-corrected chi connectivity index (χ0v) is 13.8. The fourth-order valence-electron chi connectivity index (χ4n) is 2.76. The largest absolute Gasteiger partial charge is 0.312 e. The number of nitrogens with one attached hydrogen (secondary N) is 2. The van der Waals surface area contributed by atoms with Gasteiger partial charge in [-0.2, -0.15) is 0 Å². The van der Waals surface area contributed by atoms with E-state index in [-0.39, 0.29) is 0 Å². The van der Waals surface area contributed by atoms with E-state index in [1.807, 2.05) is 12.3 Å². The van der Waals surface area contributed by atoms with Crippen molar-refractivity contribution in [3.05, 3.63) is 16.3 Å². The van der Waals surface area contributed by atoms with Crippen molar-refractivity contribution in [2.75, 3.05) is 13.1 Å². The molecule has 1 heterocycles. The highest BCUT2D eigenvalue weighted by molar-refractivity contribution is 7.89. The van der Waals surface area contributed by atoms with Crippen LogP contribution in [0.15, 0.2) is 16.3 Å². The Kier molecular flexibility index (Phi) is 5.60. The molecule has 2 unspecified atom stereocenters. The quantitative estimate of drug-likeness (QED) is 0.813. The summed E-state index contributed by atoms with van der Waals surface area (Å²) in [6.45, 7) is 6.25. The van der Waals surface area contributed by atoms with E-state index in [0.717, 1.165) is 17.8 Å². The molecule has 1 aromatic heterocycles. The van der Waals surface area contributed by atoms with E-state index in [2.05, 4.69) is 17.0 Å². The summed E-state index contributed by atoms with van der Waals surface area (Å²) < 4.78 is 27.6. The first-order valence-electron chi connectivity index (χ1n) is 7.31. The fourth-order valence-corrected chi connectivity index (χ4v) is 5.26. The van der Waals surface area contributed by atoms with Crippen molar-refractivity contribution in [1.82, 2.24) is 10.0 Å². The summed E-state index contributed by atoms with van der Waals surface area (Å²) in [4.78, 5) is 1.33. The Morgan fingerprint density at radius 1 is 1.40 bits per heavy atom. The molecule has 1 saturated carbocycles. The van der Waals surface area contributed by atoms with Crippen molar-refractivity contribution in [1.29, 1.82) is 0 Å². The first kappa shape index (κ1) is 15.9. The van der Waals surface area contributed by atoms with Gasteiger partial charge in [0.2, 0.25) is 10.0 Å². The van der Waals surface area contributed by atoms with Crippen LogP contribution in [0.1, 0.15) is 38.0 Å². The smallest absolute Gasteiger partial charge is 0.241 e. The third-order valence-corrected chi connectivity index (χ3v) is 6.66. The second-order valence-electron chi connectivity index (χ2n) is 5.51. The minimum absolute atomic E-state index is 0.439. The minimum atomic E-state index is -3.37. The maximum atomic E-state index is 12.4. The molecule has 2 rings (SSSR count). The summed E-state index contributed by atoms with van der Waals surface area (Å²) in [6, 6.07) is 1.71.